The Bertz CT molecular complexity index is 532. The first-order valence-corrected chi connectivity index (χ1v) is 8.71. The van der Waals surface area contributed by atoms with Crippen molar-refractivity contribution in [1.82, 2.24) is 19.2 Å². The fraction of sp³-hybridized carbons (Fsp3) is 0.769. The molecule has 0 spiro atoms. The van der Waals surface area contributed by atoms with E-state index < -0.39 is 10.0 Å². The molecule has 0 saturated carbocycles. The zero-order chi connectivity index (χ0) is 14.8. The van der Waals surface area contributed by atoms with Crippen molar-refractivity contribution >= 4 is 10.0 Å². The number of H-pyrrole nitrogens is 1. The fourth-order valence-corrected chi connectivity index (χ4v) is 3.79. The first-order chi connectivity index (χ1) is 9.48. The summed E-state index contributed by atoms with van der Waals surface area (Å²) in [5, 5.41) is 0.214. The maximum atomic E-state index is 12.5. The topological polar surface area (TPSA) is 69.3 Å². The minimum atomic E-state index is -3.42. The van der Waals surface area contributed by atoms with Crippen molar-refractivity contribution in [1.29, 1.82) is 0 Å². The molecule has 7 heteroatoms. The third-order valence-electron chi connectivity index (χ3n) is 4.05. The van der Waals surface area contributed by atoms with Crippen LogP contribution in [0.3, 0.4) is 0 Å². The number of hydrogen-bond acceptors (Lipinski definition) is 4. The summed E-state index contributed by atoms with van der Waals surface area (Å²) in [5.41, 5.74) is 0. The van der Waals surface area contributed by atoms with Gasteiger partial charge in [-0.05, 0) is 13.3 Å². The van der Waals surface area contributed by atoms with Gasteiger partial charge in [0.2, 0.25) is 0 Å². The van der Waals surface area contributed by atoms with E-state index in [0.29, 0.717) is 31.4 Å². The van der Waals surface area contributed by atoms with Crippen molar-refractivity contribution < 1.29 is 8.42 Å². The maximum absolute atomic E-state index is 12.5. The summed E-state index contributed by atoms with van der Waals surface area (Å²) in [6.07, 6.45) is 3.22. The van der Waals surface area contributed by atoms with Gasteiger partial charge < -0.3 is 4.98 Å². The number of hydrogen-bond donors (Lipinski definition) is 1. The number of aromatic amines is 1. The summed E-state index contributed by atoms with van der Waals surface area (Å²) in [5.74, 6) is 0.710. The molecule has 1 N–H and O–H groups in total. The molecule has 2 heterocycles. The third kappa shape index (κ3) is 3.05. The Balaban J connectivity index is 2.05. The molecule has 1 aliphatic heterocycles. The predicted molar refractivity (Wildman–Crippen MR) is 78.1 cm³/mol. The minimum absolute atomic E-state index is 0.214. The van der Waals surface area contributed by atoms with Crippen LogP contribution in [0.4, 0.5) is 0 Å². The van der Waals surface area contributed by atoms with Gasteiger partial charge in [-0.2, -0.15) is 4.31 Å². The number of imidazole rings is 1. The molecule has 1 atom stereocenters. The van der Waals surface area contributed by atoms with E-state index >= 15 is 0 Å². The summed E-state index contributed by atoms with van der Waals surface area (Å²) in [7, 11) is -3.42. The van der Waals surface area contributed by atoms with Crippen molar-refractivity contribution in [3.05, 3.63) is 12.0 Å². The van der Waals surface area contributed by atoms with Crippen molar-refractivity contribution in [2.75, 3.05) is 26.2 Å². The lowest BCUT2D eigenvalue weighted by Gasteiger charge is -2.36. The van der Waals surface area contributed by atoms with Gasteiger partial charge in [0.15, 0.2) is 5.03 Å². The first-order valence-electron chi connectivity index (χ1n) is 7.27. The van der Waals surface area contributed by atoms with E-state index in [1.54, 1.807) is 4.31 Å². The van der Waals surface area contributed by atoms with E-state index in [1.165, 1.54) is 6.20 Å². The fourth-order valence-electron chi connectivity index (χ4n) is 2.44. The van der Waals surface area contributed by atoms with Crippen LogP contribution in [0.2, 0.25) is 0 Å². The Morgan fingerprint density at radius 1 is 1.30 bits per heavy atom. The predicted octanol–water partition coefficient (Wildman–Crippen LogP) is 1.08. The quantitative estimate of drug-likeness (QED) is 0.883. The number of aryl methyl sites for hydroxylation is 1. The third-order valence-corrected chi connectivity index (χ3v) is 5.85. The highest BCUT2D eigenvalue weighted by Gasteiger charge is 2.30. The molecule has 0 radical (unpaired) electrons. The van der Waals surface area contributed by atoms with Crippen LogP contribution in [0, 0.1) is 0 Å². The van der Waals surface area contributed by atoms with E-state index in [1.807, 2.05) is 6.92 Å². The molecule has 1 unspecified atom stereocenters. The summed E-state index contributed by atoms with van der Waals surface area (Å²) in [6, 6.07) is 0.513. The molecular formula is C13H24N4O2S. The van der Waals surface area contributed by atoms with Gasteiger partial charge in [0.25, 0.3) is 10.0 Å². The van der Waals surface area contributed by atoms with Gasteiger partial charge in [-0.15, -0.1) is 0 Å². The molecule has 0 aliphatic carbocycles. The highest BCUT2D eigenvalue weighted by molar-refractivity contribution is 7.89. The van der Waals surface area contributed by atoms with Crippen LogP contribution in [0.5, 0.6) is 0 Å². The minimum Gasteiger partial charge on any atom is -0.332 e. The number of aromatic nitrogens is 2. The number of nitrogens with zero attached hydrogens (tertiary/aromatic N) is 3. The molecule has 1 aliphatic rings. The van der Waals surface area contributed by atoms with Gasteiger partial charge in [0, 0.05) is 38.6 Å². The van der Waals surface area contributed by atoms with E-state index in [-0.39, 0.29) is 5.03 Å². The molecule has 6 nitrogen and oxygen atoms in total. The van der Waals surface area contributed by atoms with Gasteiger partial charge in [0.05, 0.1) is 6.20 Å². The molecule has 1 saturated heterocycles. The molecular weight excluding hydrogens is 276 g/mol. The van der Waals surface area contributed by atoms with Crippen molar-refractivity contribution in [2.45, 2.75) is 44.7 Å². The van der Waals surface area contributed by atoms with Crippen LogP contribution >= 0.6 is 0 Å². The largest absolute Gasteiger partial charge is 0.332 e. The van der Waals surface area contributed by atoms with Crippen LogP contribution in [-0.2, 0) is 16.4 Å². The van der Waals surface area contributed by atoms with Gasteiger partial charge in [-0.1, -0.05) is 13.8 Å². The van der Waals surface area contributed by atoms with Gasteiger partial charge >= 0.3 is 0 Å². The number of rotatable bonds is 5. The monoisotopic (exact) mass is 300 g/mol. The molecule has 20 heavy (non-hydrogen) atoms. The highest BCUT2D eigenvalue weighted by Crippen LogP contribution is 2.17. The molecule has 1 aromatic heterocycles. The van der Waals surface area contributed by atoms with Crippen LogP contribution in [0.15, 0.2) is 11.2 Å². The first kappa shape index (κ1) is 15.5. The van der Waals surface area contributed by atoms with Crippen LogP contribution < -0.4 is 0 Å². The summed E-state index contributed by atoms with van der Waals surface area (Å²) in [6.45, 7) is 8.98. The normalized spacial score (nSPS) is 20.1. The van der Waals surface area contributed by atoms with Gasteiger partial charge in [-0.25, -0.2) is 13.4 Å². The lowest BCUT2D eigenvalue weighted by atomic mass is 10.2. The summed E-state index contributed by atoms with van der Waals surface area (Å²) < 4.78 is 26.6. The van der Waals surface area contributed by atoms with Crippen molar-refractivity contribution in [3.8, 4) is 0 Å². The standard InChI is InChI=1S/C13H24N4O2S/c1-4-11(3)16-6-8-17(9-7-16)20(18,19)13-10-14-12(5-2)15-13/h10-11H,4-9H2,1-3H3,(H,14,15). The zero-order valence-corrected chi connectivity index (χ0v) is 13.3. The van der Waals surface area contributed by atoms with Crippen LogP contribution in [0.1, 0.15) is 33.0 Å². The second-order valence-corrected chi connectivity index (χ2v) is 7.15. The Hall–Kier alpha value is -0.920. The molecule has 0 bridgehead atoms. The average Bonchev–Trinajstić information content (AvgIpc) is 2.96. The van der Waals surface area contributed by atoms with Gasteiger partial charge in [-0.3, -0.25) is 4.90 Å². The molecule has 0 aromatic carbocycles. The summed E-state index contributed by atoms with van der Waals surface area (Å²) >= 11 is 0. The van der Waals surface area contributed by atoms with Crippen LogP contribution in [-0.4, -0.2) is 59.8 Å². The Labute approximate surface area is 121 Å². The Kier molecular flexibility index (Phi) is 4.82. The van der Waals surface area contributed by atoms with E-state index in [4.69, 9.17) is 0 Å². The summed E-state index contributed by atoms with van der Waals surface area (Å²) in [4.78, 5) is 9.32. The smallest absolute Gasteiger partial charge is 0.260 e. The zero-order valence-electron chi connectivity index (χ0n) is 12.5. The highest BCUT2D eigenvalue weighted by atomic mass is 32.2. The average molecular weight is 300 g/mol. The number of sulfonamides is 1. The second-order valence-electron chi connectivity index (χ2n) is 5.25. The van der Waals surface area contributed by atoms with Gasteiger partial charge in [0.1, 0.15) is 5.82 Å². The molecule has 1 fully saturated rings. The van der Waals surface area contributed by atoms with E-state index in [0.717, 1.165) is 19.5 Å². The Morgan fingerprint density at radius 3 is 2.45 bits per heavy atom. The van der Waals surface area contributed by atoms with Crippen LogP contribution in [0.25, 0.3) is 0 Å². The lowest BCUT2D eigenvalue weighted by molar-refractivity contribution is 0.142. The molecule has 2 rings (SSSR count). The maximum Gasteiger partial charge on any atom is 0.260 e. The SMILES string of the molecule is CCc1ncc(S(=O)(=O)N2CCN(C(C)CC)CC2)[nH]1. The van der Waals surface area contributed by atoms with E-state index in [9.17, 15) is 8.42 Å². The molecule has 114 valence electrons. The molecule has 0 amide bonds. The number of nitrogens with one attached hydrogen (secondary N) is 1. The second kappa shape index (κ2) is 6.24. The van der Waals surface area contributed by atoms with Crippen molar-refractivity contribution in [3.63, 3.8) is 0 Å². The number of piperazine rings is 1. The Morgan fingerprint density at radius 2 is 1.95 bits per heavy atom. The van der Waals surface area contributed by atoms with Crippen molar-refractivity contribution in [2.24, 2.45) is 0 Å². The lowest BCUT2D eigenvalue weighted by Crippen LogP contribution is -2.51. The molecule has 1 aromatic rings. The van der Waals surface area contributed by atoms with E-state index in [2.05, 4.69) is 28.7 Å².